The van der Waals surface area contributed by atoms with Crippen molar-refractivity contribution in [2.24, 2.45) is 5.92 Å². The van der Waals surface area contributed by atoms with Crippen LogP contribution in [0.15, 0.2) is 54.6 Å². The Balaban J connectivity index is 2.06. The molecular weight excluding hydrogens is 328 g/mol. The lowest BCUT2D eigenvalue weighted by molar-refractivity contribution is -0.124. The lowest BCUT2D eigenvalue weighted by Gasteiger charge is -2.24. The Morgan fingerprint density at radius 1 is 1.04 bits per heavy atom. The molecule has 0 aromatic heterocycles. The maximum absolute atomic E-state index is 12.7. The summed E-state index contributed by atoms with van der Waals surface area (Å²) >= 11 is 0. The number of carbonyl (C=O) groups is 2. The monoisotopic (exact) mass is 354 g/mol. The first-order valence-electron chi connectivity index (χ1n) is 8.82. The number of nitrogens with one attached hydrogen (secondary N) is 2. The van der Waals surface area contributed by atoms with E-state index >= 15 is 0 Å². The zero-order valence-corrected chi connectivity index (χ0v) is 15.5. The van der Waals surface area contributed by atoms with Crippen molar-refractivity contribution in [1.29, 1.82) is 0 Å². The Bertz CT molecular complexity index is 731. The summed E-state index contributed by atoms with van der Waals surface area (Å²) < 4.78 is 5.31. The van der Waals surface area contributed by atoms with E-state index in [1.165, 1.54) is 0 Å². The van der Waals surface area contributed by atoms with Gasteiger partial charge >= 0.3 is 0 Å². The summed E-state index contributed by atoms with van der Waals surface area (Å²) in [5.41, 5.74) is 1.43. The van der Waals surface area contributed by atoms with Gasteiger partial charge in [0, 0.05) is 17.7 Å². The van der Waals surface area contributed by atoms with Gasteiger partial charge in [-0.3, -0.25) is 9.59 Å². The number of hydrogen-bond donors (Lipinski definition) is 2. The zero-order valence-electron chi connectivity index (χ0n) is 15.5. The number of hydrogen-bond acceptors (Lipinski definition) is 3. The number of carbonyl (C=O) groups excluding carboxylic acids is 2. The van der Waals surface area contributed by atoms with Crippen LogP contribution in [-0.4, -0.2) is 25.0 Å². The second kappa shape index (κ2) is 9.61. The molecule has 0 radical (unpaired) electrons. The van der Waals surface area contributed by atoms with E-state index in [-0.39, 0.29) is 17.7 Å². The number of para-hydroxylation sites is 1. The van der Waals surface area contributed by atoms with E-state index in [2.05, 4.69) is 10.6 Å². The van der Waals surface area contributed by atoms with Crippen LogP contribution in [0.4, 0.5) is 0 Å². The third-order valence-electron chi connectivity index (χ3n) is 4.46. The van der Waals surface area contributed by atoms with Gasteiger partial charge in [-0.2, -0.15) is 0 Å². The summed E-state index contributed by atoms with van der Waals surface area (Å²) in [5.74, 6) is 0.291. The van der Waals surface area contributed by atoms with Crippen molar-refractivity contribution in [3.05, 3.63) is 65.7 Å². The second-order valence-electron chi connectivity index (χ2n) is 6.23. The molecule has 2 aromatic rings. The van der Waals surface area contributed by atoms with Crippen LogP contribution in [-0.2, 0) is 11.3 Å². The van der Waals surface area contributed by atoms with Gasteiger partial charge in [0.25, 0.3) is 5.91 Å². The summed E-state index contributed by atoms with van der Waals surface area (Å²) in [7, 11) is 1.60. The highest BCUT2D eigenvalue weighted by molar-refractivity contribution is 5.97. The van der Waals surface area contributed by atoms with Crippen molar-refractivity contribution < 1.29 is 14.3 Å². The summed E-state index contributed by atoms with van der Waals surface area (Å²) in [4.78, 5) is 25.2. The average Bonchev–Trinajstić information content (AvgIpc) is 2.70. The highest BCUT2D eigenvalue weighted by Gasteiger charge is 2.26. The van der Waals surface area contributed by atoms with Crippen LogP contribution in [0.25, 0.3) is 0 Å². The summed E-state index contributed by atoms with van der Waals surface area (Å²) in [6, 6.07) is 15.9. The van der Waals surface area contributed by atoms with E-state index in [1.54, 1.807) is 31.4 Å². The molecule has 2 unspecified atom stereocenters. The molecule has 138 valence electrons. The molecule has 2 rings (SSSR count). The van der Waals surface area contributed by atoms with Crippen LogP contribution in [0.5, 0.6) is 5.75 Å². The van der Waals surface area contributed by atoms with E-state index in [1.807, 2.05) is 44.2 Å². The lowest BCUT2D eigenvalue weighted by atomic mass is 9.97. The van der Waals surface area contributed by atoms with Crippen molar-refractivity contribution in [2.45, 2.75) is 32.9 Å². The Morgan fingerprint density at radius 3 is 2.35 bits per heavy atom. The highest BCUT2D eigenvalue weighted by atomic mass is 16.5. The maximum Gasteiger partial charge on any atom is 0.251 e. The van der Waals surface area contributed by atoms with Crippen molar-refractivity contribution in [2.75, 3.05) is 7.11 Å². The van der Waals surface area contributed by atoms with E-state index in [0.29, 0.717) is 12.1 Å². The second-order valence-corrected chi connectivity index (χ2v) is 6.23. The molecule has 5 nitrogen and oxygen atoms in total. The van der Waals surface area contributed by atoms with E-state index < -0.39 is 6.04 Å². The summed E-state index contributed by atoms with van der Waals surface area (Å²) in [6.45, 7) is 4.30. The minimum absolute atomic E-state index is 0.0142. The first kappa shape index (κ1) is 19.5. The van der Waals surface area contributed by atoms with Crippen molar-refractivity contribution in [3.63, 3.8) is 0 Å². The first-order chi connectivity index (χ1) is 12.6. The number of ether oxygens (including phenoxy) is 1. The minimum atomic E-state index is -0.595. The third-order valence-corrected chi connectivity index (χ3v) is 4.46. The molecule has 2 atom stereocenters. The number of amides is 2. The first-order valence-corrected chi connectivity index (χ1v) is 8.82. The number of benzene rings is 2. The molecule has 5 heteroatoms. The van der Waals surface area contributed by atoms with Crippen LogP contribution < -0.4 is 15.4 Å². The van der Waals surface area contributed by atoms with Gasteiger partial charge in [0.1, 0.15) is 11.8 Å². The molecular formula is C21H26N2O3. The van der Waals surface area contributed by atoms with Gasteiger partial charge in [0.05, 0.1) is 7.11 Å². The van der Waals surface area contributed by atoms with E-state index in [4.69, 9.17) is 4.74 Å². The normalized spacial score (nSPS) is 12.7. The molecule has 0 aliphatic carbocycles. The summed E-state index contributed by atoms with van der Waals surface area (Å²) in [6.07, 6.45) is 0.780. The SMILES string of the molecule is CCC(C)C(NC(=O)c1ccccc1)C(=O)NCc1ccccc1OC. The fourth-order valence-electron chi connectivity index (χ4n) is 2.66. The minimum Gasteiger partial charge on any atom is -0.496 e. The van der Waals surface area contributed by atoms with E-state index in [0.717, 1.165) is 17.7 Å². The molecule has 0 fully saturated rings. The van der Waals surface area contributed by atoms with Gasteiger partial charge in [-0.25, -0.2) is 0 Å². The molecule has 0 bridgehead atoms. The topological polar surface area (TPSA) is 67.4 Å². The lowest BCUT2D eigenvalue weighted by Crippen LogP contribution is -2.50. The predicted octanol–water partition coefficient (Wildman–Crippen LogP) is 3.16. The van der Waals surface area contributed by atoms with E-state index in [9.17, 15) is 9.59 Å². The molecule has 0 saturated heterocycles. The Hall–Kier alpha value is -2.82. The Kier molecular flexibility index (Phi) is 7.21. The van der Waals surface area contributed by atoms with Crippen LogP contribution in [0, 0.1) is 5.92 Å². The van der Waals surface area contributed by atoms with Crippen LogP contribution in [0.2, 0.25) is 0 Å². The van der Waals surface area contributed by atoms with Crippen LogP contribution in [0.1, 0.15) is 36.2 Å². The zero-order chi connectivity index (χ0) is 18.9. The average molecular weight is 354 g/mol. The van der Waals surface area contributed by atoms with Gasteiger partial charge in [0.2, 0.25) is 5.91 Å². The molecule has 0 spiro atoms. The fourth-order valence-corrected chi connectivity index (χ4v) is 2.66. The third kappa shape index (κ3) is 5.09. The van der Waals surface area contributed by atoms with Gasteiger partial charge in [-0.15, -0.1) is 0 Å². The maximum atomic E-state index is 12.7. The molecule has 26 heavy (non-hydrogen) atoms. The Labute approximate surface area is 154 Å². The molecule has 2 aromatic carbocycles. The molecule has 2 amide bonds. The van der Waals surface area contributed by atoms with Crippen LogP contribution >= 0.6 is 0 Å². The summed E-state index contributed by atoms with van der Waals surface area (Å²) in [5, 5.41) is 5.78. The van der Waals surface area contributed by atoms with Crippen molar-refractivity contribution >= 4 is 11.8 Å². The molecule has 0 aliphatic heterocycles. The van der Waals surface area contributed by atoms with Gasteiger partial charge < -0.3 is 15.4 Å². The number of methoxy groups -OCH3 is 1. The largest absolute Gasteiger partial charge is 0.496 e. The predicted molar refractivity (Wildman–Crippen MR) is 102 cm³/mol. The molecule has 0 heterocycles. The standard InChI is InChI=1S/C21H26N2O3/c1-4-15(2)19(23-20(24)16-10-6-5-7-11-16)21(25)22-14-17-12-8-9-13-18(17)26-3/h5-13,15,19H,4,14H2,1-3H3,(H,22,25)(H,23,24). The smallest absolute Gasteiger partial charge is 0.251 e. The van der Waals surface area contributed by atoms with Crippen LogP contribution in [0.3, 0.4) is 0 Å². The fraction of sp³-hybridized carbons (Fsp3) is 0.333. The Morgan fingerprint density at radius 2 is 1.69 bits per heavy atom. The molecule has 2 N–H and O–H groups in total. The molecule has 0 aliphatic rings. The van der Waals surface area contributed by atoms with Gasteiger partial charge in [-0.1, -0.05) is 56.7 Å². The van der Waals surface area contributed by atoms with Crippen molar-refractivity contribution in [3.8, 4) is 5.75 Å². The molecule has 0 saturated carbocycles. The quantitative estimate of drug-likeness (QED) is 0.765. The van der Waals surface area contributed by atoms with Crippen molar-refractivity contribution in [1.82, 2.24) is 10.6 Å². The van der Waals surface area contributed by atoms with Gasteiger partial charge in [0.15, 0.2) is 0 Å². The highest BCUT2D eigenvalue weighted by Crippen LogP contribution is 2.17. The number of rotatable bonds is 8. The van der Waals surface area contributed by atoms with Gasteiger partial charge in [-0.05, 0) is 24.1 Å².